The van der Waals surface area contributed by atoms with E-state index in [4.69, 9.17) is 0 Å². The van der Waals surface area contributed by atoms with Crippen molar-refractivity contribution >= 4 is 5.91 Å². The monoisotopic (exact) mass is 233 g/mol. The average Bonchev–Trinajstić information content (AvgIpc) is 2.59. The predicted molar refractivity (Wildman–Crippen MR) is 67.0 cm³/mol. The van der Waals surface area contributed by atoms with Crippen molar-refractivity contribution in [2.45, 2.75) is 39.2 Å². The van der Waals surface area contributed by atoms with Crippen LogP contribution in [0.15, 0.2) is 24.3 Å². The van der Waals surface area contributed by atoms with Gasteiger partial charge in [0, 0.05) is 6.04 Å². The number of hydrogen-bond donors (Lipinski definition) is 2. The third-order valence-corrected chi connectivity index (χ3v) is 3.71. The van der Waals surface area contributed by atoms with Gasteiger partial charge >= 0.3 is 0 Å². The van der Waals surface area contributed by atoms with Crippen molar-refractivity contribution in [1.29, 1.82) is 0 Å². The topological polar surface area (TPSA) is 49.3 Å². The fourth-order valence-electron chi connectivity index (χ4n) is 2.50. The maximum absolute atomic E-state index is 12.0. The summed E-state index contributed by atoms with van der Waals surface area (Å²) < 4.78 is 0. The lowest BCUT2D eigenvalue weighted by Crippen LogP contribution is -2.41. The molecular weight excluding hydrogens is 214 g/mol. The fourth-order valence-corrected chi connectivity index (χ4v) is 2.50. The highest BCUT2D eigenvalue weighted by molar-refractivity contribution is 5.97. The van der Waals surface area contributed by atoms with Gasteiger partial charge in [-0.25, -0.2) is 0 Å². The molecule has 1 unspecified atom stereocenters. The molecule has 3 heteroatoms. The minimum absolute atomic E-state index is 0.0424. The van der Waals surface area contributed by atoms with E-state index in [-0.39, 0.29) is 23.1 Å². The number of phenols is 1. The summed E-state index contributed by atoms with van der Waals surface area (Å²) in [4.78, 5) is 12.0. The molecule has 1 aromatic carbocycles. The molecule has 0 radical (unpaired) electrons. The van der Waals surface area contributed by atoms with Crippen LogP contribution in [0.5, 0.6) is 5.75 Å². The average molecular weight is 233 g/mol. The van der Waals surface area contributed by atoms with E-state index in [0.717, 1.165) is 19.3 Å². The van der Waals surface area contributed by atoms with Crippen LogP contribution >= 0.6 is 0 Å². The van der Waals surface area contributed by atoms with Crippen LogP contribution in [0, 0.1) is 5.41 Å². The summed E-state index contributed by atoms with van der Waals surface area (Å²) in [7, 11) is 0. The minimum Gasteiger partial charge on any atom is -0.507 e. The summed E-state index contributed by atoms with van der Waals surface area (Å²) in [6.45, 7) is 4.35. The Bertz CT molecular complexity index is 426. The number of hydrogen-bond acceptors (Lipinski definition) is 2. The first kappa shape index (κ1) is 12.0. The lowest BCUT2D eigenvalue weighted by molar-refractivity contribution is 0.0907. The molecule has 1 saturated carbocycles. The molecular formula is C14H19NO2. The third-order valence-electron chi connectivity index (χ3n) is 3.71. The van der Waals surface area contributed by atoms with Crippen molar-refractivity contribution in [3.05, 3.63) is 29.8 Å². The van der Waals surface area contributed by atoms with Gasteiger partial charge in [-0.2, -0.15) is 0 Å². The van der Waals surface area contributed by atoms with Gasteiger partial charge in [-0.3, -0.25) is 4.79 Å². The Morgan fingerprint density at radius 3 is 2.71 bits per heavy atom. The Hall–Kier alpha value is -1.51. The fraction of sp³-hybridized carbons (Fsp3) is 0.500. The Kier molecular flexibility index (Phi) is 3.09. The summed E-state index contributed by atoms with van der Waals surface area (Å²) >= 11 is 0. The first-order valence-electron chi connectivity index (χ1n) is 6.09. The summed E-state index contributed by atoms with van der Waals surface area (Å²) in [6, 6.07) is 6.86. The largest absolute Gasteiger partial charge is 0.507 e. The number of para-hydroxylation sites is 1. The van der Waals surface area contributed by atoms with Crippen LogP contribution in [0.3, 0.4) is 0 Å². The first-order valence-corrected chi connectivity index (χ1v) is 6.09. The van der Waals surface area contributed by atoms with Gasteiger partial charge in [-0.15, -0.1) is 0 Å². The van der Waals surface area contributed by atoms with E-state index in [2.05, 4.69) is 19.2 Å². The lowest BCUT2D eigenvalue weighted by Gasteiger charge is -2.27. The second-order valence-electron chi connectivity index (χ2n) is 5.42. The number of carbonyl (C=O) groups is 1. The van der Waals surface area contributed by atoms with Gasteiger partial charge in [0.15, 0.2) is 0 Å². The SMILES string of the molecule is CC1(C)CCCC1NC(=O)c1ccccc1O. The van der Waals surface area contributed by atoms with Crippen molar-refractivity contribution < 1.29 is 9.90 Å². The van der Waals surface area contributed by atoms with E-state index in [0.29, 0.717) is 5.56 Å². The standard InChI is InChI=1S/C14H19NO2/c1-14(2)9-5-8-12(14)15-13(17)10-6-3-4-7-11(10)16/h3-4,6-7,12,16H,5,8-9H2,1-2H3,(H,15,17). The van der Waals surface area contributed by atoms with Crippen LogP contribution in [0.25, 0.3) is 0 Å². The van der Waals surface area contributed by atoms with Crippen molar-refractivity contribution in [3.63, 3.8) is 0 Å². The molecule has 3 nitrogen and oxygen atoms in total. The molecule has 0 heterocycles. The van der Waals surface area contributed by atoms with Crippen LogP contribution in [0.1, 0.15) is 43.5 Å². The Balaban J connectivity index is 2.10. The molecule has 1 aromatic rings. The quantitative estimate of drug-likeness (QED) is 0.825. The molecule has 0 saturated heterocycles. The molecule has 1 atom stereocenters. The highest BCUT2D eigenvalue weighted by atomic mass is 16.3. The number of amides is 1. The highest BCUT2D eigenvalue weighted by Gasteiger charge is 2.35. The summed E-state index contributed by atoms with van der Waals surface area (Å²) in [5, 5.41) is 12.7. The molecule has 17 heavy (non-hydrogen) atoms. The highest BCUT2D eigenvalue weighted by Crippen LogP contribution is 2.37. The normalized spacial score (nSPS) is 22.4. The smallest absolute Gasteiger partial charge is 0.255 e. The summed E-state index contributed by atoms with van der Waals surface area (Å²) in [5.41, 5.74) is 0.510. The minimum atomic E-state index is -0.178. The summed E-state index contributed by atoms with van der Waals surface area (Å²) in [5.74, 6) is -0.135. The lowest BCUT2D eigenvalue weighted by atomic mass is 9.87. The number of phenolic OH excluding ortho intramolecular Hbond substituents is 1. The zero-order valence-corrected chi connectivity index (χ0v) is 10.4. The van der Waals surface area contributed by atoms with E-state index in [1.165, 1.54) is 6.07 Å². The Morgan fingerprint density at radius 2 is 2.12 bits per heavy atom. The number of aromatic hydroxyl groups is 1. The van der Waals surface area contributed by atoms with Crippen LogP contribution < -0.4 is 5.32 Å². The zero-order chi connectivity index (χ0) is 12.5. The van der Waals surface area contributed by atoms with Crippen LogP contribution in [-0.4, -0.2) is 17.1 Å². The van der Waals surface area contributed by atoms with Gasteiger partial charge in [0.1, 0.15) is 5.75 Å². The second-order valence-corrected chi connectivity index (χ2v) is 5.42. The first-order chi connectivity index (χ1) is 8.00. The van der Waals surface area contributed by atoms with E-state index in [1.807, 2.05) is 0 Å². The maximum atomic E-state index is 12.0. The molecule has 2 N–H and O–H groups in total. The Labute approximate surface area is 102 Å². The van der Waals surface area contributed by atoms with E-state index >= 15 is 0 Å². The number of rotatable bonds is 2. The van der Waals surface area contributed by atoms with E-state index < -0.39 is 0 Å². The van der Waals surface area contributed by atoms with Crippen LogP contribution in [0.4, 0.5) is 0 Å². The molecule has 92 valence electrons. The van der Waals surface area contributed by atoms with Crippen molar-refractivity contribution in [2.24, 2.45) is 5.41 Å². The van der Waals surface area contributed by atoms with Crippen LogP contribution in [0.2, 0.25) is 0 Å². The van der Waals surface area contributed by atoms with Crippen LogP contribution in [-0.2, 0) is 0 Å². The van der Waals surface area contributed by atoms with Gasteiger partial charge in [-0.05, 0) is 30.4 Å². The van der Waals surface area contributed by atoms with Crippen molar-refractivity contribution in [3.8, 4) is 5.75 Å². The van der Waals surface area contributed by atoms with Gasteiger partial charge < -0.3 is 10.4 Å². The van der Waals surface area contributed by atoms with Gasteiger partial charge in [0.2, 0.25) is 0 Å². The van der Waals surface area contributed by atoms with E-state index in [9.17, 15) is 9.90 Å². The number of carbonyl (C=O) groups excluding carboxylic acids is 1. The van der Waals surface area contributed by atoms with Gasteiger partial charge in [-0.1, -0.05) is 32.4 Å². The second kappa shape index (κ2) is 4.40. The molecule has 0 spiro atoms. The van der Waals surface area contributed by atoms with Crippen molar-refractivity contribution in [2.75, 3.05) is 0 Å². The zero-order valence-electron chi connectivity index (χ0n) is 10.4. The molecule has 1 fully saturated rings. The molecule has 0 aliphatic heterocycles. The third kappa shape index (κ3) is 2.43. The summed E-state index contributed by atoms with van der Waals surface area (Å²) in [6.07, 6.45) is 3.31. The number of nitrogens with one attached hydrogen (secondary N) is 1. The van der Waals surface area contributed by atoms with E-state index in [1.54, 1.807) is 18.2 Å². The molecule has 1 aliphatic carbocycles. The van der Waals surface area contributed by atoms with Crippen molar-refractivity contribution in [1.82, 2.24) is 5.32 Å². The van der Waals surface area contributed by atoms with Gasteiger partial charge in [0.05, 0.1) is 5.56 Å². The molecule has 0 bridgehead atoms. The molecule has 1 amide bonds. The molecule has 2 rings (SSSR count). The predicted octanol–water partition coefficient (Wildman–Crippen LogP) is 2.70. The number of benzene rings is 1. The molecule has 0 aromatic heterocycles. The van der Waals surface area contributed by atoms with Gasteiger partial charge in [0.25, 0.3) is 5.91 Å². The Morgan fingerprint density at radius 1 is 1.41 bits per heavy atom. The molecule has 1 aliphatic rings. The maximum Gasteiger partial charge on any atom is 0.255 e.